The van der Waals surface area contributed by atoms with Crippen LogP contribution in [0.2, 0.25) is 5.02 Å². The molecular weight excluding hydrogens is 574 g/mol. The molecule has 42 heavy (non-hydrogen) atoms. The summed E-state index contributed by atoms with van der Waals surface area (Å²) in [7, 11) is 0. The zero-order chi connectivity index (χ0) is 30.1. The van der Waals surface area contributed by atoms with E-state index < -0.39 is 41.1 Å². The molecule has 11 heteroatoms. The van der Waals surface area contributed by atoms with E-state index in [-0.39, 0.29) is 47.1 Å². The van der Waals surface area contributed by atoms with Crippen molar-refractivity contribution in [3.05, 3.63) is 100 Å². The molecule has 2 aromatic carbocycles. The number of urea groups is 1. The third-order valence-corrected chi connectivity index (χ3v) is 8.52. The molecule has 5 rings (SSSR count). The lowest BCUT2D eigenvalue weighted by Gasteiger charge is -2.37. The second-order valence-corrected chi connectivity index (χ2v) is 11.3. The Morgan fingerprint density at radius 3 is 2.40 bits per heavy atom. The van der Waals surface area contributed by atoms with Gasteiger partial charge in [-0.15, -0.1) is 0 Å². The van der Waals surface area contributed by atoms with Crippen LogP contribution in [0.4, 0.5) is 22.4 Å². The second-order valence-electron chi connectivity index (χ2n) is 10.9. The summed E-state index contributed by atoms with van der Waals surface area (Å²) in [6, 6.07) is 12.7. The largest absolute Gasteiger partial charge is 0.466 e. The maximum atomic E-state index is 14.9. The lowest BCUT2D eigenvalue weighted by Crippen LogP contribution is -2.57. The first-order valence-corrected chi connectivity index (χ1v) is 14.2. The van der Waals surface area contributed by atoms with Gasteiger partial charge in [0.25, 0.3) is 0 Å². The van der Waals surface area contributed by atoms with Crippen LogP contribution < -0.4 is 10.6 Å². The van der Waals surface area contributed by atoms with Crippen LogP contribution in [0.3, 0.4) is 0 Å². The van der Waals surface area contributed by atoms with Crippen LogP contribution in [-0.2, 0) is 27.7 Å². The smallest absolute Gasteiger partial charge is 0.416 e. The number of halogens is 5. The number of rotatable bonds is 8. The molecule has 1 aromatic heterocycles. The van der Waals surface area contributed by atoms with Gasteiger partial charge in [-0.3, -0.25) is 9.78 Å². The van der Waals surface area contributed by atoms with E-state index in [4.69, 9.17) is 16.3 Å². The van der Waals surface area contributed by atoms with E-state index in [1.54, 1.807) is 37.3 Å². The van der Waals surface area contributed by atoms with Gasteiger partial charge in [0.05, 0.1) is 28.8 Å². The van der Waals surface area contributed by atoms with E-state index in [1.165, 1.54) is 18.3 Å². The van der Waals surface area contributed by atoms with E-state index >= 15 is 0 Å². The van der Waals surface area contributed by atoms with Crippen LogP contribution in [0.5, 0.6) is 0 Å². The third-order valence-electron chi connectivity index (χ3n) is 8.29. The van der Waals surface area contributed by atoms with E-state index in [0.29, 0.717) is 11.6 Å². The third kappa shape index (κ3) is 6.09. The van der Waals surface area contributed by atoms with Crippen molar-refractivity contribution in [3.63, 3.8) is 0 Å². The van der Waals surface area contributed by atoms with Gasteiger partial charge in [0.2, 0.25) is 0 Å². The number of ether oxygens (including phenoxy) is 1. The summed E-state index contributed by atoms with van der Waals surface area (Å²) in [6.07, 6.45) is -1.15. The number of nitrogens with zero attached hydrogens (tertiary/aromatic N) is 1. The van der Waals surface area contributed by atoms with Crippen molar-refractivity contribution >= 4 is 23.6 Å². The molecule has 0 unspecified atom stereocenters. The second kappa shape index (κ2) is 11.9. The Kier molecular flexibility index (Phi) is 8.46. The molecule has 2 aliphatic rings. The number of aromatic nitrogens is 1. The molecule has 2 amide bonds. The highest BCUT2D eigenvalue weighted by atomic mass is 35.5. The van der Waals surface area contributed by atoms with Crippen LogP contribution >= 0.6 is 11.6 Å². The van der Waals surface area contributed by atoms with E-state index in [2.05, 4.69) is 15.6 Å². The number of benzene rings is 2. The van der Waals surface area contributed by atoms with E-state index in [9.17, 15) is 27.2 Å². The van der Waals surface area contributed by atoms with Gasteiger partial charge in [-0.1, -0.05) is 41.9 Å². The summed E-state index contributed by atoms with van der Waals surface area (Å²) in [5, 5.41) is 6.07. The topological polar surface area (TPSA) is 80.3 Å². The Hall–Kier alpha value is -3.66. The molecule has 222 valence electrons. The van der Waals surface area contributed by atoms with Crippen LogP contribution in [0, 0.1) is 23.6 Å². The highest BCUT2D eigenvalue weighted by Crippen LogP contribution is 2.49. The number of fused-ring (bicyclic) bond motifs is 2. The van der Waals surface area contributed by atoms with Crippen molar-refractivity contribution in [1.29, 1.82) is 0 Å². The fourth-order valence-corrected chi connectivity index (χ4v) is 6.62. The van der Waals surface area contributed by atoms with Gasteiger partial charge in [-0.2, -0.15) is 13.2 Å². The van der Waals surface area contributed by atoms with Gasteiger partial charge in [-0.05, 0) is 79.5 Å². The number of pyridine rings is 1. The maximum Gasteiger partial charge on any atom is 0.416 e. The summed E-state index contributed by atoms with van der Waals surface area (Å²) >= 11 is 6.09. The van der Waals surface area contributed by atoms with Crippen molar-refractivity contribution in [2.24, 2.45) is 17.8 Å². The van der Waals surface area contributed by atoms with Crippen molar-refractivity contribution < 1.29 is 31.9 Å². The van der Waals surface area contributed by atoms with Crippen molar-refractivity contribution in [3.8, 4) is 0 Å². The summed E-state index contributed by atoms with van der Waals surface area (Å²) < 4.78 is 61.8. The van der Waals surface area contributed by atoms with Gasteiger partial charge in [-0.25, -0.2) is 9.18 Å². The summed E-state index contributed by atoms with van der Waals surface area (Å²) in [5.41, 5.74) is -2.31. The molecule has 2 fully saturated rings. The number of esters is 1. The molecular formula is C31H30ClF4N3O3. The number of carbonyl (C=O) groups excluding carboxylic acids is 2. The number of carbonyl (C=O) groups is 2. The lowest BCUT2D eigenvalue weighted by molar-refractivity contribution is -0.150. The normalized spacial score (nSPS) is 22.8. The van der Waals surface area contributed by atoms with Crippen molar-refractivity contribution in [1.82, 2.24) is 15.6 Å². The first-order valence-electron chi connectivity index (χ1n) is 13.8. The first-order chi connectivity index (χ1) is 20.0. The Morgan fingerprint density at radius 1 is 1.02 bits per heavy atom. The molecule has 2 bridgehead atoms. The van der Waals surface area contributed by atoms with Crippen molar-refractivity contribution in [2.75, 3.05) is 6.61 Å². The molecule has 2 N–H and O–H groups in total. The average molecular weight is 604 g/mol. The predicted molar refractivity (Wildman–Crippen MR) is 148 cm³/mol. The molecule has 6 nitrogen and oxygen atoms in total. The summed E-state index contributed by atoms with van der Waals surface area (Å²) in [4.78, 5) is 31.1. The fraction of sp³-hybridized carbons (Fsp3) is 0.387. The molecule has 2 saturated carbocycles. The van der Waals surface area contributed by atoms with Crippen LogP contribution in [-0.4, -0.2) is 29.6 Å². The number of nitrogens with one attached hydrogen (secondary N) is 2. The Bertz CT molecular complexity index is 1440. The van der Waals surface area contributed by atoms with E-state index in [1.807, 2.05) is 0 Å². The molecule has 2 aliphatic carbocycles. The highest BCUT2D eigenvalue weighted by Gasteiger charge is 2.52. The van der Waals surface area contributed by atoms with Gasteiger partial charge in [0, 0.05) is 18.7 Å². The minimum absolute atomic E-state index is 0.0540. The zero-order valence-electron chi connectivity index (χ0n) is 22.8. The van der Waals surface area contributed by atoms with Gasteiger partial charge < -0.3 is 15.4 Å². The lowest BCUT2D eigenvalue weighted by atomic mass is 9.79. The molecule has 0 radical (unpaired) electrons. The number of alkyl halides is 3. The van der Waals surface area contributed by atoms with Crippen LogP contribution in [0.1, 0.15) is 48.6 Å². The molecule has 1 heterocycles. The van der Waals surface area contributed by atoms with Crippen LogP contribution in [0.25, 0.3) is 0 Å². The van der Waals surface area contributed by atoms with Crippen LogP contribution in [0.15, 0.2) is 66.9 Å². The maximum absolute atomic E-state index is 14.9. The molecule has 0 spiro atoms. The summed E-state index contributed by atoms with van der Waals surface area (Å²) in [5.74, 6) is -1.91. The highest BCUT2D eigenvalue weighted by molar-refractivity contribution is 6.30. The van der Waals surface area contributed by atoms with Crippen molar-refractivity contribution in [2.45, 2.75) is 50.4 Å². The predicted octanol–water partition coefficient (Wildman–Crippen LogP) is 6.66. The molecule has 0 saturated heterocycles. The monoisotopic (exact) mass is 603 g/mol. The number of hydrogen-bond acceptors (Lipinski definition) is 4. The van der Waals surface area contributed by atoms with E-state index in [0.717, 1.165) is 31.4 Å². The minimum atomic E-state index is -4.85. The molecule has 5 atom stereocenters. The average Bonchev–Trinajstić information content (AvgIpc) is 3.55. The Labute approximate surface area is 245 Å². The molecule has 0 aliphatic heterocycles. The zero-order valence-corrected chi connectivity index (χ0v) is 23.5. The standard InChI is InChI=1S/C31H30ClF4N3O3/c1-2-42-28(40)26-19-8-9-20(12-19)27(26)38-29(41)39-30(16-18-6-4-3-5-7-18,25-11-10-23(32)17-37-25)21-13-22(31(34,35)36)15-24(33)14-21/h3-7,10-11,13-15,17,19-20,26-27H,2,8-9,12,16H2,1H3,(H2,38,39,41)/t19-,20+,26-,27+,30-/m0/s1. The Balaban J connectivity index is 1.60. The number of hydrogen-bond donors (Lipinski definition) is 2. The fourth-order valence-electron chi connectivity index (χ4n) is 6.51. The number of amides is 2. The summed E-state index contributed by atoms with van der Waals surface area (Å²) in [6.45, 7) is 1.92. The van der Waals surface area contributed by atoms with Gasteiger partial charge in [0.1, 0.15) is 11.4 Å². The Morgan fingerprint density at radius 2 is 1.74 bits per heavy atom. The SMILES string of the molecule is CCOC(=O)[C@H]1[C@H]2CC[C@H](C2)[C@H]1NC(=O)N[C@@](Cc1ccccc1)(c1cc(F)cc(C(F)(F)F)c1)c1ccc(Cl)cn1. The first kappa shape index (κ1) is 29.8. The van der Waals surface area contributed by atoms with Gasteiger partial charge >= 0.3 is 18.2 Å². The molecule has 3 aromatic rings. The van der Waals surface area contributed by atoms with Gasteiger partial charge in [0.15, 0.2) is 0 Å². The quantitative estimate of drug-likeness (QED) is 0.223. The minimum Gasteiger partial charge on any atom is -0.466 e.